The van der Waals surface area contributed by atoms with E-state index in [9.17, 15) is 4.79 Å². The molecule has 0 spiro atoms. The van der Waals surface area contributed by atoms with Crippen LogP contribution in [0.15, 0.2) is 66.7 Å². The van der Waals surface area contributed by atoms with E-state index in [2.05, 4.69) is 52.0 Å². The Morgan fingerprint density at radius 2 is 1.61 bits per heavy atom. The van der Waals surface area contributed by atoms with Crippen molar-refractivity contribution in [3.05, 3.63) is 89.0 Å². The molecule has 1 atom stereocenters. The van der Waals surface area contributed by atoms with Crippen molar-refractivity contribution in [2.45, 2.75) is 39.7 Å². The van der Waals surface area contributed by atoms with Crippen LogP contribution in [-0.4, -0.2) is 6.29 Å². The van der Waals surface area contributed by atoms with Crippen LogP contribution in [0.4, 0.5) is 0 Å². The van der Waals surface area contributed by atoms with Gasteiger partial charge in [0.2, 0.25) is 0 Å². The predicted molar refractivity (Wildman–Crippen MR) is 120 cm³/mol. The molecule has 2 nitrogen and oxygen atoms in total. The summed E-state index contributed by atoms with van der Waals surface area (Å²) in [4.78, 5) is 11.5. The summed E-state index contributed by atoms with van der Waals surface area (Å²) < 4.78 is 6.29. The van der Waals surface area contributed by atoms with Crippen LogP contribution in [-0.2, 0) is 12.0 Å². The average Bonchev–Trinajstić information content (AvgIpc) is 2.67. The molecule has 3 aromatic carbocycles. The molecule has 0 N–H and O–H groups in total. The summed E-state index contributed by atoms with van der Waals surface area (Å²) in [6, 6.07) is 22.5. The first-order valence-corrected chi connectivity index (χ1v) is 10.5. The van der Waals surface area contributed by atoms with Gasteiger partial charge in [0.15, 0.2) is 6.29 Å². The van der Waals surface area contributed by atoms with Gasteiger partial charge in [-0.05, 0) is 40.4 Å². The number of aldehydes is 1. The second kappa shape index (κ2) is 8.71. The van der Waals surface area contributed by atoms with E-state index in [4.69, 9.17) is 4.74 Å². The third-order valence-corrected chi connectivity index (χ3v) is 6.09. The van der Waals surface area contributed by atoms with Crippen LogP contribution in [0.1, 0.15) is 47.8 Å². The monoisotopic (exact) mass is 390 g/mol. The molecular formula is C25H27O2P. The van der Waals surface area contributed by atoms with Crippen molar-refractivity contribution in [3.63, 3.8) is 0 Å². The molecule has 3 aromatic rings. The Balaban J connectivity index is 2.00. The number of aryl methyl sites for hydroxylation is 1. The maximum Gasteiger partial charge on any atom is 0.150 e. The molecule has 0 aliphatic heterocycles. The summed E-state index contributed by atoms with van der Waals surface area (Å²) in [5.74, 6) is 0.927. The zero-order valence-corrected chi connectivity index (χ0v) is 18.0. The summed E-state index contributed by atoms with van der Waals surface area (Å²) in [6.07, 6.45) is 0.938. The lowest BCUT2D eigenvalue weighted by Crippen LogP contribution is -2.18. The highest BCUT2D eigenvalue weighted by Gasteiger charge is 2.19. The van der Waals surface area contributed by atoms with Gasteiger partial charge in [-0.2, -0.15) is 0 Å². The minimum atomic E-state index is 0.0477. The fourth-order valence-electron chi connectivity index (χ4n) is 3.08. The Morgan fingerprint density at radius 3 is 2.29 bits per heavy atom. The third kappa shape index (κ3) is 4.88. The minimum Gasteiger partial charge on any atom is -0.488 e. The molecule has 0 bridgehead atoms. The molecule has 0 heterocycles. The van der Waals surface area contributed by atoms with Gasteiger partial charge in [-0.25, -0.2) is 0 Å². The van der Waals surface area contributed by atoms with Gasteiger partial charge in [-0.3, -0.25) is 4.79 Å². The number of hydrogen-bond acceptors (Lipinski definition) is 2. The zero-order valence-electron chi connectivity index (χ0n) is 17.0. The van der Waals surface area contributed by atoms with Crippen molar-refractivity contribution in [2.24, 2.45) is 0 Å². The van der Waals surface area contributed by atoms with Gasteiger partial charge < -0.3 is 4.74 Å². The highest BCUT2D eigenvalue weighted by Crippen LogP contribution is 2.31. The lowest BCUT2D eigenvalue weighted by molar-refractivity contribution is 0.112. The Hall–Kier alpha value is -2.44. The third-order valence-electron chi connectivity index (χ3n) is 4.72. The summed E-state index contributed by atoms with van der Waals surface area (Å²) in [7, 11) is 0.364. The SMILES string of the molecule is Cc1cc(C(C)(C)C)cc(Pc2ccccc2C=O)c1OCc1ccccc1. The Morgan fingerprint density at radius 1 is 0.929 bits per heavy atom. The topological polar surface area (TPSA) is 26.3 Å². The van der Waals surface area contributed by atoms with Crippen molar-refractivity contribution in [3.8, 4) is 5.75 Å². The van der Waals surface area contributed by atoms with Crippen molar-refractivity contribution >= 4 is 25.5 Å². The predicted octanol–water partition coefficient (Wildman–Crippen LogP) is 5.31. The maximum atomic E-state index is 11.5. The van der Waals surface area contributed by atoms with E-state index in [1.54, 1.807) is 0 Å². The van der Waals surface area contributed by atoms with Crippen LogP contribution >= 0.6 is 8.58 Å². The molecule has 144 valence electrons. The van der Waals surface area contributed by atoms with Crippen molar-refractivity contribution in [2.75, 3.05) is 0 Å². The quantitative estimate of drug-likeness (QED) is 0.421. The molecular weight excluding hydrogens is 363 g/mol. The molecule has 0 amide bonds. The number of hydrogen-bond donors (Lipinski definition) is 0. The van der Waals surface area contributed by atoms with Gasteiger partial charge in [0.25, 0.3) is 0 Å². The molecule has 0 aromatic heterocycles. The standard InChI is InChI=1S/C25H27O2P/c1-18-14-21(25(2,3)4)15-23(28-22-13-9-8-12-20(22)16-26)24(18)27-17-19-10-6-5-7-11-19/h5-16,28H,17H2,1-4H3. The molecule has 3 heteroatoms. The second-order valence-corrected chi connectivity index (χ2v) is 9.35. The number of carbonyl (C=O) groups is 1. The highest BCUT2D eigenvalue weighted by molar-refractivity contribution is 7.56. The van der Waals surface area contributed by atoms with Gasteiger partial charge in [-0.15, -0.1) is 0 Å². The fraction of sp³-hybridized carbons (Fsp3) is 0.240. The van der Waals surface area contributed by atoms with Crippen LogP contribution in [0.3, 0.4) is 0 Å². The number of benzene rings is 3. The molecule has 0 saturated carbocycles. The Kier molecular flexibility index (Phi) is 6.31. The van der Waals surface area contributed by atoms with Crippen LogP contribution in [0.2, 0.25) is 0 Å². The zero-order chi connectivity index (χ0) is 20.1. The molecule has 0 saturated heterocycles. The van der Waals surface area contributed by atoms with Gasteiger partial charge in [0.05, 0.1) is 0 Å². The van der Waals surface area contributed by atoms with Crippen LogP contribution < -0.4 is 15.3 Å². The molecule has 0 aliphatic carbocycles. The van der Waals surface area contributed by atoms with E-state index < -0.39 is 0 Å². The number of ether oxygens (including phenoxy) is 1. The Bertz CT molecular complexity index is 956. The highest BCUT2D eigenvalue weighted by atomic mass is 31.1. The lowest BCUT2D eigenvalue weighted by atomic mass is 9.86. The molecule has 0 radical (unpaired) electrons. The minimum absolute atomic E-state index is 0.0477. The summed E-state index contributed by atoms with van der Waals surface area (Å²) in [5, 5.41) is 2.20. The fourth-order valence-corrected chi connectivity index (χ4v) is 4.45. The molecule has 1 unspecified atom stereocenters. The van der Waals surface area contributed by atoms with Crippen molar-refractivity contribution in [1.82, 2.24) is 0 Å². The van der Waals surface area contributed by atoms with E-state index in [1.807, 2.05) is 42.5 Å². The van der Waals surface area contributed by atoms with Gasteiger partial charge in [-0.1, -0.05) is 90.0 Å². The summed E-state index contributed by atoms with van der Waals surface area (Å²) >= 11 is 0. The first kappa shape index (κ1) is 20.3. The van der Waals surface area contributed by atoms with Crippen LogP contribution in [0.5, 0.6) is 5.75 Å². The van der Waals surface area contributed by atoms with E-state index in [0.29, 0.717) is 15.2 Å². The molecule has 0 aliphatic rings. The van der Waals surface area contributed by atoms with E-state index in [1.165, 1.54) is 5.56 Å². The van der Waals surface area contributed by atoms with Gasteiger partial charge >= 0.3 is 0 Å². The first-order valence-electron chi connectivity index (χ1n) is 9.51. The largest absolute Gasteiger partial charge is 0.488 e. The molecule has 3 rings (SSSR count). The van der Waals surface area contributed by atoms with E-state index >= 15 is 0 Å². The van der Waals surface area contributed by atoms with Crippen LogP contribution in [0.25, 0.3) is 0 Å². The summed E-state index contributed by atoms with van der Waals surface area (Å²) in [5.41, 5.74) is 4.35. The Labute approximate surface area is 169 Å². The molecule has 28 heavy (non-hydrogen) atoms. The van der Waals surface area contributed by atoms with Crippen LogP contribution in [0, 0.1) is 6.92 Å². The smallest absolute Gasteiger partial charge is 0.150 e. The van der Waals surface area contributed by atoms with E-state index in [-0.39, 0.29) is 5.41 Å². The van der Waals surface area contributed by atoms with Gasteiger partial charge in [0.1, 0.15) is 12.4 Å². The lowest BCUT2D eigenvalue weighted by Gasteiger charge is -2.23. The summed E-state index contributed by atoms with van der Waals surface area (Å²) in [6.45, 7) is 9.30. The second-order valence-electron chi connectivity index (χ2n) is 8.02. The average molecular weight is 390 g/mol. The maximum absolute atomic E-state index is 11.5. The number of rotatable bonds is 6. The van der Waals surface area contributed by atoms with Gasteiger partial charge in [0, 0.05) is 10.9 Å². The first-order chi connectivity index (χ1) is 13.4. The normalized spacial score (nSPS) is 11.7. The number of carbonyl (C=O) groups excluding carboxylic acids is 1. The van der Waals surface area contributed by atoms with Crippen molar-refractivity contribution in [1.29, 1.82) is 0 Å². The van der Waals surface area contributed by atoms with Crippen molar-refractivity contribution < 1.29 is 9.53 Å². The van der Waals surface area contributed by atoms with E-state index in [0.717, 1.165) is 39.3 Å². The molecule has 0 fully saturated rings.